The number of anilines is 1. The normalized spacial score (nSPS) is 21.2. The van der Waals surface area contributed by atoms with E-state index in [2.05, 4.69) is 16.3 Å². The van der Waals surface area contributed by atoms with Gasteiger partial charge in [0.25, 0.3) is 0 Å². The van der Waals surface area contributed by atoms with Gasteiger partial charge in [0.05, 0.1) is 0 Å². The van der Waals surface area contributed by atoms with Crippen LogP contribution in [0, 0.1) is 5.82 Å². The molecule has 0 amide bonds. The molecule has 1 heterocycles. The Hall–Kier alpha value is -1.09. The molecule has 2 aliphatic rings. The summed E-state index contributed by atoms with van der Waals surface area (Å²) in [5.41, 5.74) is 2.11. The van der Waals surface area contributed by atoms with Gasteiger partial charge in [-0.2, -0.15) is 0 Å². The second kappa shape index (κ2) is 4.06. The number of rotatable bonds is 2. The zero-order valence-corrected chi connectivity index (χ0v) is 9.38. The Labute approximate surface area is 95.4 Å². The molecule has 2 nitrogen and oxygen atoms in total. The van der Waals surface area contributed by atoms with E-state index in [1.54, 1.807) is 6.07 Å². The molecule has 0 unspecified atom stereocenters. The van der Waals surface area contributed by atoms with Crippen molar-refractivity contribution in [3.8, 4) is 0 Å². The lowest BCUT2D eigenvalue weighted by Crippen LogP contribution is -2.43. The van der Waals surface area contributed by atoms with Crippen LogP contribution in [0.1, 0.15) is 24.3 Å². The Morgan fingerprint density at radius 3 is 2.62 bits per heavy atom. The molecular formula is C13H17FN2. The fourth-order valence-corrected chi connectivity index (χ4v) is 2.36. The average Bonchev–Trinajstić information content (AvgIpc) is 3.15. The Morgan fingerprint density at radius 2 is 1.94 bits per heavy atom. The predicted molar refractivity (Wildman–Crippen MR) is 63.5 cm³/mol. The molecule has 1 saturated carbocycles. The second-order valence-electron chi connectivity index (χ2n) is 4.72. The van der Waals surface area contributed by atoms with Gasteiger partial charge in [-0.3, -0.25) is 0 Å². The number of nitrogens with zero attached hydrogens (tertiary/aromatic N) is 1. The van der Waals surface area contributed by atoms with Crippen LogP contribution in [0.3, 0.4) is 0 Å². The highest BCUT2D eigenvalue weighted by molar-refractivity contribution is 5.50. The molecular weight excluding hydrogens is 203 g/mol. The first-order valence-corrected chi connectivity index (χ1v) is 6.10. The van der Waals surface area contributed by atoms with E-state index >= 15 is 0 Å². The third kappa shape index (κ3) is 1.92. The maximum atomic E-state index is 13.6. The van der Waals surface area contributed by atoms with Crippen molar-refractivity contribution >= 4 is 5.69 Å². The van der Waals surface area contributed by atoms with E-state index in [0.717, 1.165) is 44.6 Å². The lowest BCUT2D eigenvalue weighted by Gasteiger charge is -2.29. The van der Waals surface area contributed by atoms with Crippen LogP contribution in [0.25, 0.3) is 0 Å². The van der Waals surface area contributed by atoms with Crippen LogP contribution in [0.15, 0.2) is 18.2 Å². The molecule has 1 aliphatic heterocycles. The van der Waals surface area contributed by atoms with E-state index in [-0.39, 0.29) is 5.82 Å². The van der Waals surface area contributed by atoms with Crippen molar-refractivity contribution in [1.82, 2.24) is 5.32 Å². The quantitative estimate of drug-likeness (QED) is 0.821. The number of halogens is 1. The first-order valence-electron chi connectivity index (χ1n) is 6.10. The molecule has 3 rings (SSSR count). The van der Waals surface area contributed by atoms with Crippen molar-refractivity contribution < 1.29 is 4.39 Å². The van der Waals surface area contributed by atoms with E-state index in [1.807, 2.05) is 6.07 Å². The van der Waals surface area contributed by atoms with Gasteiger partial charge in [0, 0.05) is 31.9 Å². The van der Waals surface area contributed by atoms with Crippen LogP contribution >= 0.6 is 0 Å². The monoisotopic (exact) mass is 220 g/mol. The van der Waals surface area contributed by atoms with Crippen LogP contribution in [-0.2, 0) is 0 Å². The van der Waals surface area contributed by atoms with Crippen molar-refractivity contribution in [3.05, 3.63) is 29.6 Å². The summed E-state index contributed by atoms with van der Waals surface area (Å²) < 4.78 is 13.6. The maximum Gasteiger partial charge on any atom is 0.126 e. The Kier molecular flexibility index (Phi) is 2.56. The van der Waals surface area contributed by atoms with Gasteiger partial charge in [-0.05, 0) is 42.5 Å². The molecule has 2 fully saturated rings. The molecule has 0 aromatic heterocycles. The largest absolute Gasteiger partial charge is 0.369 e. The van der Waals surface area contributed by atoms with Gasteiger partial charge in [0.1, 0.15) is 5.82 Å². The molecule has 1 saturated heterocycles. The van der Waals surface area contributed by atoms with Crippen LogP contribution < -0.4 is 10.2 Å². The first-order chi connectivity index (χ1) is 7.84. The summed E-state index contributed by atoms with van der Waals surface area (Å²) in [7, 11) is 0. The van der Waals surface area contributed by atoms with Crippen molar-refractivity contribution in [1.29, 1.82) is 0 Å². The van der Waals surface area contributed by atoms with E-state index in [1.165, 1.54) is 5.69 Å². The number of piperazine rings is 1. The fraction of sp³-hybridized carbons (Fsp3) is 0.538. The minimum atomic E-state index is -0.0265. The maximum absolute atomic E-state index is 13.6. The second-order valence-corrected chi connectivity index (χ2v) is 4.72. The number of hydrogen-bond donors (Lipinski definition) is 1. The minimum Gasteiger partial charge on any atom is -0.369 e. The molecule has 1 aliphatic carbocycles. The van der Waals surface area contributed by atoms with Crippen LogP contribution in [-0.4, -0.2) is 26.2 Å². The SMILES string of the molecule is Fc1ccc(N2CCNCC2)cc1C1CC1. The van der Waals surface area contributed by atoms with Gasteiger partial charge in [0.2, 0.25) is 0 Å². The zero-order chi connectivity index (χ0) is 11.0. The highest BCUT2D eigenvalue weighted by Gasteiger charge is 2.27. The standard InChI is InChI=1S/C13H17FN2/c14-13-4-3-11(9-12(13)10-1-2-10)16-7-5-15-6-8-16/h3-4,9-10,15H,1-2,5-8H2. The van der Waals surface area contributed by atoms with Gasteiger partial charge in [-0.25, -0.2) is 4.39 Å². The van der Waals surface area contributed by atoms with E-state index in [9.17, 15) is 4.39 Å². The molecule has 3 heteroatoms. The highest BCUT2D eigenvalue weighted by atomic mass is 19.1. The molecule has 1 aromatic carbocycles. The number of nitrogens with one attached hydrogen (secondary N) is 1. The molecule has 1 aromatic rings. The van der Waals surface area contributed by atoms with E-state index in [0.29, 0.717) is 5.92 Å². The molecule has 0 bridgehead atoms. The van der Waals surface area contributed by atoms with Gasteiger partial charge in [0.15, 0.2) is 0 Å². The van der Waals surface area contributed by atoms with Gasteiger partial charge in [-0.1, -0.05) is 0 Å². The first kappa shape index (κ1) is 10.1. The van der Waals surface area contributed by atoms with Gasteiger partial charge in [-0.15, -0.1) is 0 Å². The molecule has 0 radical (unpaired) electrons. The Morgan fingerprint density at radius 1 is 1.19 bits per heavy atom. The van der Waals surface area contributed by atoms with Crippen LogP contribution in [0.5, 0.6) is 0 Å². The van der Waals surface area contributed by atoms with Gasteiger partial charge < -0.3 is 10.2 Å². The summed E-state index contributed by atoms with van der Waals surface area (Å²) in [5.74, 6) is 0.462. The number of benzene rings is 1. The Balaban J connectivity index is 1.85. The topological polar surface area (TPSA) is 15.3 Å². The molecule has 1 N–H and O–H groups in total. The van der Waals surface area contributed by atoms with E-state index < -0.39 is 0 Å². The summed E-state index contributed by atoms with van der Waals surface area (Å²) in [5, 5.41) is 3.33. The smallest absolute Gasteiger partial charge is 0.126 e. The van der Waals surface area contributed by atoms with Gasteiger partial charge >= 0.3 is 0 Å². The third-order valence-corrected chi connectivity index (χ3v) is 3.48. The summed E-state index contributed by atoms with van der Waals surface area (Å²) in [6, 6.07) is 5.59. The molecule has 0 atom stereocenters. The van der Waals surface area contributed by atoms with Crippen molar-refractivity contribution in [2.24, 2.45) is 0 Å². The van der Waals surface area contributed by atoms with Crippen molar-refractivity contribution in [2.75, 3.05) is 31.1 Å². The van der Waals surface area contributed by atoms with Crippen LogP contribution in [0.2, 0.25) is 0 Å². The summed E-state index contributed by atoms with van der Waals surface area (Å²) in [6.45, 7) is 4.09. The molecule has 86 valence electrons. The third-order valence-electron chi connectivity index (χ3n) is 3.48. The summed E-state index contributed by atoms with van der Waals surface area (Å²) in [4.78, 5) is 2.34. The van der Waals surface area contributed by atoms with Crippen LogP contribution in [0.4, 0.5) is 10.1 Å². The fourth-order valence-electron chi connectivity index (χ4n) is 2.36. The lowest BCUT2D eigenvalue weighted by molar-refractivity contribution is 0.585. The summed E-state index contributed by atoms with van der Waals surface area (Å²) >= 11 is 0. The molecule has 0 spiro atoms. The van der Waals surface area contributed by atoms with E-state index in [4.69, 9.17) is 0 Å². The average molecular weight is 220 g/mol. The molecule has 16 heavy (non-hydrogen) atoms. The summed E-state index contributed by atoms with van der Waals surface area (Å²) in [6.07, 6.45) is 2.31. The minimum absolute atomic E-state index is 0.0265. The number of hydrogen-bond acceptors (Lipinski definition) is 2. The Bertz CT molecular complexity index is 382. The van der Waals surface area contributed by atoms with Crippen molar-refractivity contribution in [2.45, 2.75) is 18.8 Å². The predicted octanol–water partition coefficient (Wildman–Crippen LogP) is 2.11. The highest BCUT2D eigenvalue weighted by Crippen LogP contribution is 2.42. The lowest BCUT2D eigenvalue weighted by atomic mass is 10.1. The zero-order valence-electron chi connectivity index (χ0n) is 9.38. The van der Waals surface area contributed by atoms with Crippen molar-refractivity contribution in [3.63, 3.8) is 0 Å².